The van der Waals surface area contributed by atoms with E-state index in [0.717, 1.165) is 66.4 Å². The summed E-state index contributed by atoms with van der Waals surface area (Å²) in [4.78, 5) is 24.8. The first-order chi connectivity index (χ1) is 18.1. The molecule has 1 saturated carbocycles. The second-order valence-electron chi connectivity index (χ2n) is 10.1. The Bertz CT molecular complexity index is 1350. The molecule has 37 heavy (non-hydrogen) atoms. The monoisotopic (exact) mass is 493 g/mol. The third-order valence-corrected chi connectivity index (χ3v) is 7.19. The second-order valence-corrected chi connectivity index (χ2v) is 10.1. The number of fused-ring (bicyclic) bond motifs is 1. The van der Waals surface area contributed by atoms with Crippen LogP contribution in [0.1, 0.15) is 47.2 Å². The number of hydrogen-bond acceptors (Lipinski definition) is 5. The molecular formula is C31H35N5O. The van der Waals surface area contributed by atoms with Gasteiger partial charge in [0, 0.05) is 37.1 Å². The van der Waals surface area contributed by atoms with Crippen molar-refractivity contribution >= 4 is 28.6 Å². The maximum absolute atomic E-state index is 13.2. The van der Waals surface area contributed by atoms with Crippen molar-refractivity contribution in [3.05, 3.63) is 95.6 Å². The number of aromatic nitrogens is 2. The zero-order chi connectivity index (χ0) is 25.6. The second kappa shape index (κ2) is 11.4. The van der Waals surface area contributed by atoms with Crippen molar-refractivity contribution < 1.29 is 4.79 Å². The van der Waals surface area contributed by atoms with Gasteiger partial charge in [-0.2, -0.15) is 4.98 Å². The highest BCUT2D eigenvalue weighted by atomic mass is 16.1. The molecule has 0 saturated heterocycles. The van der Waals surface area contributed by atoms with Crippen LogP contribution in [-0.4, -0.2) is 42.1 Å². The first-order valence-electron chi connectivity index (χ1n) is 13.2. The summed E-state index contributed by atoms with van der Waals surface area (Å²) < 4.78 is 0. The summed E-state index contributed by atoms with van der Waals surface area (Å²) >= 11 is 0. The average molecular weight is 494 g/mol. The van der Waals surface area contributed by atoms with Gasteiger partial charge in [-0.05, 0) is 67.9 Å². The Morgan fingerprint density at radius 2 is 1.49 bits per heavy atom. The average Bonchev–Trinajstić information content (AvgIpc) is 2.93. The van der Waals surface area contributed by atoms with Crippen LogP contribution in [0.25, 0.3) is 10.9 Å². The highest BCUT2D eigenvalue weighted by Gasteiger charge is 2.24. The number of carbonyl (C=O) groups excluding carboxylic acids is 1. The molecule has 1 amide bonds. The fraction of sp³-hybridized carbons (Fsp3) is 0.323. The molecule has 5 rings (SSSR count). The minimum atomic E-state index is 0.0357. The molecule has 4 aromatic rings. The van der Waals surface area contributed by atoms with Gasteiger partial charge in [-0.15, -0.1) is 0 Å². The Balaban J connectivity index is 1.17. The fourth-order valence-electron chi connectivity index (χ4n) is 5.18. The third kappa shape index (κ3) is 6.08. The van der Waals surface area contributed by atoms with E-state index in [1.54, 1.807) is 0 Å². The van der Waals surface area contributed by atoms with E-state index in [-0.39, 0.29) is 11.9 Å². The minimum absolute atomic E-state index is 0.0357. The van der Waals surface area contributed by atoms with Gasteiger partial charge in [0.05, 0.1) is 5.52 Å². The van der Waals surface area contributed by atoms with Gasteiger partial charge < -0.3 is 15.5 Å². The molecule has 1 heterocycles. The van der Waals surface area contributed by atoms with E-state index in [2.05, 4.69) is 47.0 Å². The van der Waals surface area contributed by atoms with E-state index in [9.17, 15) is 4.79 Å². The smallest absolute Gasteiger partial charge is 0.251 e. The Kier molecular flexibility index (Phi) is 7.64. The molecule has 0 bridgehead atoms. The number of carbonyl (C=O) groups is 1. The van der Waals surface area contributed by atoms with Crippen molar-refractivity contribution in [3.8, 4) is 0 Å². The molecule has 6 nitrogen and oxygen atoms in total. The number of hydrogen-bond donors (Lipinski definition) is 2. The van der Waals surface area contributed by atoms with Gasteiger partial charge in [0.25, 0.3) is 5.91 Å². The number of benzene rings is 3. The van der Waals surface area contributed by atoms with E-state index in [4.69, 9.17) is 9.97 Å². The summed E-state index contributed by atoms with van der Waals surface area (Å²) in [7, 11) is 4.01. The first kappa shape index (κ1) is 24.8. The molecule has 1 aliphatic carbocycles. The Morgan fingerprint density at radius 3 is 2.27 bits per heavy atom. The normalized spacial score (nSPS) is 17.4. The van der Waals surface area contributed by atoms with E-state index in [1.165, 1.54) is 5.56 Å². The van der Waals surface area contributed by atoms with Gasteiger partial charge in [-0.3, -0.25) is 4.79 Å². The lowest BCUT2D eigenvalue weighted by Gasteiger charge is -2.30. The Labute approximate surface area is 219 Å². The topological polar surface area (TPSA) is 70.2 Å². The van der Waals surface area contributed by atoms with Gasteiger partial charge in [0.1, 0.15) is 5.82 Å². The van der Waals surface area contributed by atoms with Crippen molar-refractivity contribution in [2.75, 3.05) is 24.3 Å². The summed E-state index contributed by atoms with van der Waals surface area (Å²) in [6.07, 6.45) is 5.58. The van der Waals surface area contributed by atoms with Gasteiger partial charge in [0.2, 0.25) is 5.95 Å². The number of nitrogens with one attached hydrogen (secondary N) is 2. The molecule has 190 valence electrons. The lowest BCUT2D eigenvalue weighted by atomic mass is 9.90. The van der Waals surface area contributed by atoms with Crippen LogP contribution in [0.2, 0.25) is 0 Å². The predicted octanol–water partition coefficient (Wildman–Crippen LogP) is 5.63. The predicted molar refractivity (Wildman–Crippen MR) is 151 cm³/mol. The van der Waals surface area contributed by atoms with Crippen molar-refractivity contribution in [2.45, 2.75) is 50.6 Å². The summed E-state index contributed by atoms with van der Waals surface area (Å²) in [6.45, 7) is 0. The van der Waals surface area contributed by atoms with Gasteiger partial charge in [-0.25, -0.2) is 4.98 Å². The largest absolute Gasteiger partial charge is 0.362 e. The number of amides is 1. The number of aryl methyl sites for hydroxylation is 2. The zero-order valence-electron chi connectivity index (χ0n) is 21.7. The fourth-order valence-corrected chi connectivity index (χ4v) is 5.18. The SMILES string of the molecule is CN(C)c1nc(NC2CCC(NC(=O)c3ccccc3CCc3ccccc3)CC2)nc2ccccc12. The zero-order valence-corrected chi connectivity index (χ0v) is 21.7. The molecule has 1 aromatic heterocycles. The third-order valence-electron chi connectivity index (χ3n) is 7.19. The standard InChI is InChI=1S/C31H35N5O/c1-36(2)29-27-14-8-9-15-28(27)34-31(35-29)33-25-20-18-24(19-21-25)32-30(37)26-13-7-6-12-23(26)17-16-22-10-4-3-5-11-22/h3-15,24-25H,16-21H2,1-2H3,(H,32,37)(H,33,34,35). The maximum Gasteiger partial charge on any atom is 0.251 e. The maximum atomic E-state index is 13.2. The molecule has 0 spiro atoms. The van der Waals surface area contributed by atoms with Gasteiger partial charge in [-0.1, -0.05) is 60.7 Å². The molecule has 1 fully saturated rings. The molecule has 0 aliphatic heterocycles. The van der Waals surface area contributed by atoms with Crippen LogP contribution in [0.5, 0.6) is 0 Å². The van der Waals surface area contributed by atoms with E-state index >= 15 is 0 Å². The van der Waals surface area contributed by atoms with Crippen LogP contribution in [-0.2, 0) is 12.8 Å². The number of para-hydroxylation sites is 1. The summed E-state index contributed by atoms with van der Waals surface area (Å²) in [6, 6.07) is 27.0. The van der Waals surface area contributed by atoms with Crippen molar-refractivity contribution in [1.82, 2.24) is 15.3 Å². The van der Waals surface area contributed by atoms with Crippen LogP contribution in [0.3, 0.4) is 0 Å². The van der Waals surface area contributed by atoms with Crippen LogP contribution < -0.4 is 15.5 Å². The molecule has 3 aromatic carbocycles. The first-order valence-corrected chi connectivity index (χ1v) is 13.2. The Hall–Kier alpha value is -3.93. The lowest BCUT2D eigenvalue weighted by Crippen LogP contribution is -2.40. The van der Waals surface area contributed by atoms with Crippen LogP contribution in [0, 0.1) is 0 Å². The van der Waals surface area contributed by atoms with Crippen LogP contribution in [0.15, 0.2) is 78.9 Å². The van der Waals surface area contributed by atoms with Crippen molar-refractivity contribution in [3.63, 3.8) is 0 Å². The number of anilines is 2. The van der Waals surface area contributed by atoms with Gasteiger partial charge >= 0.3 is 0 Å². The molecule has 1 aliphatic rings. The van der Waals surface area contributed by atoms with Crippen LogP contribution in [0.4, 0.5) is 11.8 Å². The summed E-state index contributed by atoms with van der Waals surface area (Å²) in [5.41, 5.74) is 4.12. The highest BCUT2D eigenvalue weighted by molar-refractivity contribution is 5.96. The number of rotatable bonds is 8. The summed E-state index contributed by atoms with van der Waals surface area (Å²) in [5, 5.41) is 7.90. The molecule has 0 atom stereocenters. The lowest BCUT2D eigenvalue weighted by molar-refractivity contribution is 0.0925. The van der Waals surface area contributed by atoms with Crippen LogP contribution >= 0.6 is 0 Å². The summed E-state index contributed by atoms with van der Waals surface area (Å²) in [5.74, 6) is 1.62. The molecule has 0 radical (unpaired) electrons. The Morgan fingerprint density at radius 1 is 0.811 bits per heavy atom. The van der Waals surface area contributed by atoms with Crippen molar-refractivity contribution in [1.29, 1.82) is 0 Å². The molecule has 2 N–H and O–H groups in total. The molecular weight excluding hydrogens is 458 g/mol. The van der Waals surface area contributed by atoms with Gasteiger partial charge in [0.15, 0.2) is 0 Å². The number of nitrogens with zero attached hydrogens (tertiary/aromatic N) is 3. The van der Waals surface area contributed by atoms with E-state index in [0.29, 0.717) is 12.0 Å². The van der Waals surface area contributed by atoms with E-state index in [1.807, 2.05) is 61.5 Å². The van der Waals surface area contributed by atoms with Crippen molar-refractivity contribution in [2.24, 2.45) is 0 Å². The highest BCUT2D eigenvalue weighted by Crippen LogP contribution is 2.26. The van der Waals surface area contributed by atoms with E-state index < -0.39 is 0 Å². The molecule has 0 unspecified atom stereocenters. The minimum Gasteiger partial charge on any atom is -0.362 e. The quantitative estimate of drug-likeness (QED) is 0.333. The molecule has 6 heteroatoms.